The number of para-hydroxylation sites is 1. The Balaban J connectivity index is 2.14. The molecule has 0 heterocycles. The van der Waals surface area contributed by atoms with Crippen LogP contribution in [0.4, 0.5) is 5.69 Å². The van der Waals surface area contributed by atoms with Crippen molar-refractivity contribution < 1.29 is 14.3 Å². The second kappa shape index (κ2) is 9.29. The Bertz CT molecular complexity index is 851. The molecular formula is C21H24ClNO3S. The van der Waals surface area contributed by atoms with Crippen molar-refractivity contribution in [2.24, 2.45) is 0 Å². The van der Waals surface area contributed by atoms with E-state index in [-0.39, 0.29) is 17.4 Å². The standard InChI is InChI=1S/C21H24ClNO3S/c1-12(2)16-8-6-7-13(3)19(16)23-20(24)14(4)26-21(25)17-11-15(27-5)9-10-18(17)22/h6-12,14H,1-5H3,(H,23,24)/t14-/m0/s1. The van der Waals surface area contributed by atoms with Gasteiger partial charge < -0.3 is 10.1 Å². The van der Waals surface area contributed by atoms with E-state index in [0.29, 0.717) is 5.02 Å². The maximum absolute atomic E-state index is 12.6. The minimum absolute atomic E-state index is 0.252. The summed E-state index contributed by atoms with van der Waals surface area (Å²) in [4.78, 5) is 25.9. The average Bonchev–Trinajstić information content (AvgIpc) is 2.63. The van der Waals surface area contributed by atoms with E-state index in [1.165, 1.54) is 11.8 Å². The first-order chi connectivity index (χ1) is 12.7. The maximum Gasteiger partial charge on any atom is 0.340 e. The van der Waals surface area contributed by atoms with Crippen LogP contribution in [0.25, 0.3) is 0 Å². The zero-order chi connectivity index (χ0) is 20.1. The van der Waals surface area contributed by atoms with Crippen molar-refractivity contribution in [2.45, 2.75) is 44.6 Å². The minimum Gasteiger partial charge on any atom is -0.449 e. The molecule has 6 heteroatoms. The molecule has 0 spiro atoms. The molecule has 0 aliphatic heterocycles. The van der Waals surface area contributed by atoms with Gasteiger partial charge >= 0.3 is 5.97 Å². The summed E-state index contributed by atoms with van der Waals surface area (Å²) >= 11 is 7.60. The van der Waals surface area contributed by atoms with Gasteiger partial charge in [-0.3, -0.25) is 4.79 Å². The fourth-order valence-corrected chi connectivity index (χ4v) is 3.27. The lowest BCUT2D eigenvalue weighted by atomic mass is 9.98. The molecule has 0 saturated heterocycles. The van der Waals surface area contributed by atoms with Crippen molar-refractivity contribution in [3.63, 3.8) is 0 Å². The van der Waals surface area contributed by atoms with Crippen LogP contribution in [0.3, 0.4) is 0 Å². The van der Waals surface area contributed by atoms with Gasteiger partial charge in [0, 0.05) is 10.6 Å². The van der Waals surface area contributed by atoms with Gasteiger partial charge in [-0.2, -0.15) is 0 Å². The summed E-state index contributed by atoms with van der Waals surface area (Å²) in [6, 6.07) is 11.0. The molecule has 1 atom stereocenters. The summed E-state index contributed by atoms with van der Waals surface area (Å²) in [6.45, 7) is 7.61. The van der Waals surface area contributed by atoms with E-state index < -0.39 is 12.1 Å². The molecule has 0 radical (unpaired) electrons. The highest BCUT2D eigenvalue weighted by molar-refractivity contribution is 7.98. The fraction of sp³-hybridized carbons (Fsp3) is 0.333. The quantitative estimate of drug-likeness (QED) is 0.496. The van der Waals surface area contributed by atoms with Crippen molar-refractivity contribution in [1.82, 2.24) is 0 Å². The van der Waals surface area contributed by atoms with Gasteiger partial charge in [0.2, 0.25) is 0 Å². The largest absolute Gasteiger partial charge is 0.449 e. The van der Waals surface area contributed by atoms with Crippen LogP contribution in [0.5, 0.6) is 0 Å². The average molecular weight is 406 g/mol. The van der Waals surface area contributed by atoms with Crippen molar-refractivity contribution >= 4 is 40.9 Å². The summed E-state index contributed by atoms with van der Waals surface area (Å²) in [5.74, 6) is -0.741. The summed E-state index contributed by atoms with van der Waals surface area (Å²) in [5, 5.41) is 3.20. The van der Waals surface area contributed by atoms with Gasteiger partial charge in [0.1, 0.15) is 0 Å². The van der Waals surface area contributed by atoms with Gasteiger partial charge in [0.05, 0.1) is 10.6 Å². The Morgan fingerprint density at radius 2 is 1.85 bits per heavy atom. The van der Waals surface area contributed by atoms with Crippen LogP contribution in [-0.4, -0.2) is 24.2 Å². The molecule has 2 aromatic carbocycles. The summed E-state index contributed by atoms with van der Waals surface area (Å²) in [7, 11) is 0. The number of thioether (sulfide) groups is 1. The molecule has 0 saturated carbocycles. The lowest BCUT2D eigenvalue weighted by Gasteiger charge is -2.19. The molecule has 2 rings (SSSR count). The van der Waals surface area contributed by atoms with Crippen LogP contribution in [0, 0.1) is 6.92 Å². The van der Waals surface area contributed by atoms with Crippen molar-refractivity contribution in [3.05, 3.63) is 58.1 Å². The van der Waals surface area contributed by atoms with E-state index in [4.69, 9.17) is 16.3 Å². The third-order valence-corrected chi connectivity index (χ3v) is 5.28. The maximum atomic E-state index is 12.6. The first-order valence-corrected chi connectivity index (χ1v) is 10.3. The predicted octanol–water partition coefficient (Wildman–Crippen LogP) is 5.68. The molecule has 0 aromatic heterocycles. The first kappa shape index (κ1) is 21.3. The monoisotopic (exact) mass is 405 g/mol. The van der Waals surface area contributed by atoms with E-state index in [2.05, 4.69) is 19.2 Å². The van der Waals surface area contributed by atoms with Gasteiger partial charge in [-0.05, 0) is 55.3 Å². The molecular weight excluding hydrogens is 382 g/mol. The minimum atomic E-state index is -0.953. The molecule has 0 unspecified atom stereocenters. The Kier molecular flexibility index (Phi) is 7.33. The van der Waals surface area contributed by atoms with Crippen LogP contribution in [0.2, 0.25) is 5.02 Å². The van der Waals surface area contributed by atoms with Gasteiger partial charge in [0.25, 0.3) is 5.91 Å². The molecule has 1 N–H and O–H groups in total. The molecule has 27 heavy (non-hydrogen) atoms. The second-order valence-corrected chi connectivity index (χ2v) is 7.86. The number of carbonyl (C=O) groups excluding carboxylic acids is 2. The zero-order valence-corrected chi connectivity index (χ0v) is 17.7. The Morgan fingerprint density at radius 1 is 1.15 bits per heavy atom. The number of hydrogen-bond acceptors (Lipinski definition) is 4. The lowest BCUT2D eigenvalue weighted by Crippen LogP contribution is -2.30. The first-order valence-electron chi connectivity index (χ1n) is 8.69. The number of hydrogen-bond donors (Lipinski definition) is 1. The van der Waals surface area contributed by atoms with Gasteiger partial charge in [0.15, 0.2) is 6.10 Å². The van der Waals surface area contributed by atoms with Gasteiger partial charge in [-0.1, -0.05) is 43.6 Å². The number of halogens is 1. The van der Waals surface area contributed by atoms with Crippen LogP contribution in [0.15, 0.2) is 41.3 Å². The third-order valence-electron chi connectivity index (χ3n) is 4.22. The van der Waals surface area contributed by atoms with Crippen molar-refractivity contribution in [1.29, 1.82) is 0 Å². The van der Waals surface area contributed by atoms with E-state index in [1.54, 1.807) is 19.1 Å². The van der Waals surface area contributed by atoms with E-state index >= 15 is 0 Å². The molecule has 1 amide bonds. The fourth-order valence-electron chi connectivity index (χ4n) is 2.63. The third kappa shape index (κ3) is 5.27. The highest BCUT2D eigenvalue weighted by Crippen LogP contribution is 2.28. The Morgan fingerprint density at radius 3 is 2.48 bits per heavy atom. The highest BCUT2D eigenvalue weighted by atomic mass is 35.5. The van der Waals surface area contributed by atoms with Crippen molar-refractivity contribution in [2.75, 3.05) is 11.6 Å². The van der Waals surface area contributed by atoms with Crippen LogP contribution >= 0.6 is 23.4 Å². The number of nitrogens with one attached hydrogen (secondary N) is 1. The normalized spacial score (nSPS) is 12.0. The molecule has 0 aliphatic carbocycles. The predicted molar refractivity (Wildman–Crippen MR) is 112 cm³/mol. The molecule has 0 aliphatic rings. The summed E-state index contributed by atoms with van der Waals surface area (Å²) < 4.78 is 5.35. The van der Waals surface area contributed by atoms with Gasteiger partial charge in [-0.25, -0.2) is 4.79 Å². The van der Waals surface area contributed by atoms with E-state index in [1.807, 2.05) is 37.4 Å². The molecule has 0 fully saturated rings. The number of rotatable bonds is 6. The molecule has 4 nitrogen and oxygen atoms in total. The van der Waals surface area contributed by atoms with Crippen LogP contribution < -0.4 is 5.32 Å². The van der Waals surface area contributed by atoms with Crippen molar-refractivity contribution in [3.8, 4) is 0 Å². The van der Waals surface area contributed by atoms with Gasteiger partial charge in [-0.15, -0.1) is 11.8 Å². The molecule has 0 bridgehead atoms. The zero-order valence-electron chi connectivity index (χ0n) is 16.1. The number of aryl methyl sites for hydroxylation is 1. The number of ether oxygens (including phenoxy) is 1. The number of benzene rings is 2. The number of amides is 1. The van der Waals surface area contributed by atoms with E-state index in [0.717, 1.165) is 21.7 Å². The molecule has 2 aromatic rings. The Hall–Kier alpha value is -1.98. The number of carbonyl (C=O) groups is 2. The number of esters is 1. The van der Waals surface area contributed by atoms with E-state index in [9.17, 15) is 9.59 Å². The smallest absolute Gasteiger partial charge is 0.340 e. The number of anilines is 1. The SMILES string of the molecule is CSc1ccc(Cl)c(C(=O)O[C@@H](C)C(=O)Nc2c(C)cccc2C(C)C)c1. The topological polar surface area (TPSA) is 55.4 Å². The second-order valence-electron chi connectivity index (χ2n) is 6.58. The van der Waals surface area contributed by atoms with Crippen LogP contribution in [-0.2, 0) is 9.53 Å². The highest BCUT2D eigenvalue weighted by Gasteiger charge is 2.22. The molecule has 144 valence electrons. The summed E-state index contributed by atoms with van der Waals surface area (Å²) in [5.41, 5.74) is 3.02. The van der Waals surface area contributed by atoms with Crippen LogP contribution in [0.1, 0.15) is 48.2 Å². The summed E-state index contributed by atoms with van der Waals surface area (Å²) in [6.07, 6.45) is 0.953. The lowest BCUT2D eigenvalue weighted by molar-refractivity contribution is -0.123. The Labute approximate surface area is 169 Å².